The summed E-state index contributed by atoms with van der Waals surface area (Å²) in [5, 5.41) is 11.5. The summed E-state index contributed by atoms with van der Waals surface area (Å²) in [5.74, 6) is 0.247. The second kappa shape index (κ2) is 7.99. The fourth-order valence-corrected chi connectivity index (χ4v) is 1.99. The Morgan fingerprint density at radius 1 is 1.65 bits per heavy atom. The summed E-state index contributed by atoms with van der Waals surface area (Å²) >= 11 is 1.62. The van der Waals surface area contributed by atoms with Crippen LogP contribution in [0.25, 0.3) is 0 Å². The zero-order chi connectivity index (χ0) is 12.5. The Kier molecular flexibility index (Phi) is 6.53. The maximum atomic E-state index is 8.49. The van der Waals surface area contributed by atoms with Gasteiger partial charge in [-0.2, -0.15) is 0 Å². The molecule has 0 atom stereocenters. The number of hydrogen-bond donors (Lipinski definition) is 2. The van der Waals surface area contributed by atoms with Gasteiger partial charge >= 0.3 is 0 Å². The predicted octanol–water partition coefficient (Wildman–Crippen LogP) is 0.728. The van der Waals surface area contributed by atoms with Gasteiger partial charge < -0.3 is 15.7 Å². The number of nitrogens with two attached hydrogens (primary N) is 1. The van der Waals surface area contributed by atoms with E-state index in [1.54, 1.807) is 18.4 Å². The number of ether oxygens (including phenoxy) is 1. The second-order valence-corrected chi connectivity index (χ2v) is 4.55. The number of hydrogen-bond acceptors (Lipinski definition) is 6. The molecule has 0 aliphatic heterocycles. The van der Waals surface area contributed by atoms with E-state index in [1.165, 1.54) is 4.88 Å². The molecule has 1 aromatic rings. The summed E-state index contributed by atoms with van der Waals surface area (Å²) in [7, 11) is 1.68. The topological polar surface area (TPSA) is 84.0 Å². The summed E-state index contributed by atoms with van der Waals surface area (Å²) in [4.78, 5) is 7.42. The van der Waals surface area contributed by atoms with Crippen LogP contribution in [0.2, 0.25) is 0 Å². The molecule has 1 aromatic heterocycles. The van der Waals surface area contributed by atoms with Crippen molar-refractivity contribution < 1.29 is 9.94 Å². The second-order valence-electron chi connectivity index (χ2n) is 3.58. The van der Waals surface area contributed by atoms with Crippen molar-refractivity contribution in [2.75, 3.05) is 26.8 Å². The highest BCUT2D eigenvalue weighted by Crippen LogP contribution is 2.09. The molecule has 96 valence electrons. The van der Waals surface area contributed by atoms with Gasteiger partial charge in [-0.25, -0.2) is 0 Å². The van der Waals surface area contributed by atoms with Crippen LogP contribution in [-0.2, 0) is 11.3 Å². The van der Waals surface area contributed by atoms with Crippen LogP contribution >= 0.6 is 11.3 Å². The zero-order valence-electron chi connectivity index (χ0n) is 9.87. The van der Waals surface area contributed by atoms with Crippen molar-refractivity contribution in [3.05, 3.63) is 16.6 Å². The van der Waals surface area contributed by atoms with Gasteiger partial charge in [0.15, 0.2) is 0 Å². The lowest BCUT2D eigenvalue weighted by Gasteiger charge is -2.20. The van der Waals surface area contributed by atoms with Crippen molar-refractivity contribution in [1.29, 1.82) is 0 Å². The molecule has 6 nitrogen and oxygen atoms in total. The van der Waals surface area contributed by atoms with Gasteiger partial charge in [-0.15, -0.1) is 11.3 Å². The molecule has 0 unspecified atom stereocenters. The predicted molar refractivity (Wildman–Crippen MR) is 67.3 cm³/mol. The number of thiazole rings is 1. The van der Waals surface area contributed by atoms with Crippen molar-refractivity contribution in [2.45, 2.75) is 13.0 Å². The third kappa shape index (κ3) is 5.62. The largest absolute Gasteiger partial charge is 0.409 e. The number of methoxy groups -OCH3 is 1. The fraction of sp³-hybridized carbons (Fsp3) is 0.600. The van der Waals surface area contributed by atoms with Gasteiger partial charge in [0.1, 0.15) is 5.84 Å². The van der Waals surface area contributed by atoms with E-state index < -0.39 is 0 Å². The van der Waals surface area contributed by atoms with Crippen LogP contribution in [0.5, 0.6) is 0 Å². The van der Waals surface area contributed by atoms with Gasteiger partial charge in [0.25, 0.3) is 0 Å². The van der Waals surface area contributed by atoms with Crippen LogP contribution in [0.15, 0.2) is 16.9 Å². The maximum absolute atomic E-state index is 8.49. The average Bonchev–Trinajstić information content (AvgIpc) is 2.84. The van der Waals surface area contributed by atoms with Crippen LogP contribution in [-0.4, -0.2) is 47.7 Å². The van der Waals surface area contributed by atoms with Crippen molar-refractivity contribution >= 4 is 17.2 Å². The molecular weight excluding hydrogens is 240 g/mol. The van der Waals surface area contributed by atoms with Crippen LogP contribution in [0.1, 0.15) is 11.3 Å². The van der Waals surface area contributed by atoms with Gasteiger partial charge in [0.2, 0.25) is 0 Å². The van der Waals surface area contributed by atoms with Crippen LogP contribution in [0, 0.1) is 0 Å². The SMILES string of the molecule is COCCN(CCC(N)=NO)Cc1cncs1. The maximum Gasteiger partial charge on any atom is 0.140 e. The number of nitrogens with zero attached hydrogens (tertiary/aromatic N) is 3. The molecule has 0 fully saturated rings. The first-order valence-electron chi connectivity index (χ1n) is 5.31. The fourth-order valence-electron chi connectivity index (χ4n) is 1.35. The Labute approximate surface area is 105 Å². The lowest BCUT2D eigenvalue weighted by Crippen LogP contribution is -2.30. The van der Waals surface area contributed by atoms with E-state index in [9.17, 15) is 0 Å². The minimum atomic E-state index is 0.247. The third-order valence-corrected chi connectivity index (χ3v) is 3.05. The summed E-state index contributed by atoms with van der Waals surface area (Å²) in [6.45, 7) is 3.02. The normalized spacial score (nSPS) is 12.2. The minimum absolute atomic E-state index is 0.247. The van der Waals surface area contributed by atoms with E-state index in [4.69, 9.17) is 15.7 Å². The van der Waals surface area contributed by atoms with E-state index in [0.29, 0.717) is 13.0 Å². The number of rotatable bonds is 8. The van der Waals surface area contributed by atoms with E-state index in [1.807, 2.05) is 11.7 Å². The van der Waals surface area contributed by atoms with Gasteiger partial charge in [-0.1, -0.05) is 5.16 Å². The van der Waals surface area contributed by atoms with Crippen LogP contribution in [0.4, 0.5) is 0 Å². The molecule has 0 spiro atoms. The molecule has 0 aliphatic rings. The van der Waals surface area contributed by atoms with Gasteiger partial charge in [-0.3, -0.25) is 9.88 Å². The average molecular weight is 258 g/mol. The van der Waals surface area contributed by atoms with E-state index in [2.05, 4.69) is 15.0 Å². The molecular formula is C10H18N4O2S. The lowest BCUT2D eigenvalue weighted by molar-refractivity contribution is 0.146. The monoisotopic (exact) mass is 258 g/mol. The van der Waals surface area contributed by atoms with Gasteiger partial charge in [0, 0.05) is 44.2 Å². The first-order valence-corrected chi connectivity index (χ1v) is 6.19. The first kappa shape index (κ1) is 13.9. The molecule has 0 radical (unpaired) electrons. The summed E-state index contributed by atoms with van der Waals surface area (Å²) in [6, 6.07) is 0. The molecule has 17 heavy (non-hydrogen) atoms. The van der Waals surface area contributed by atoms with Gasteiger partial charge in [0.05, 0.1) is 12.1 Å². The summed E-state index contributed by atoms with van der Waals surface area (Å²) in [5.41, 5.74) is 7.27. The zero-order valence-corrected chi connectivity index (χ0v) is 10.7. The minimum Gasteiger partial charge on any atom is -0.409 e. The highest BCUT2D eigenvalue weighted by Gasteiger charge is 2.08. The summed E-state index contributed by atoms with van der Waals surface area (Å²) < 4.78 is 5.06. The number of amidine groups is 1. The van der Waals surface area contributed by atoms with Crippen molar-refractivity contribution in [2.24, 2.45) is 10.9 Å². The quantitative estimate of drug-likeness (QED) is 0.311. The molecule has 3 N–H and O–H groups in total. The highest BCUT2D eigenvalue weighted by atomic mass is 32.1. The summed E-state index contributed by atoms with van der Waals surface area (Å²) in [6.07, 6.45) is 2.40. The molecule has 0 bridgehead atoms. The first-order chi connectivity index (χ1) is 8.26. The smallest absolute Gasteiger partial charge is 0.140 e. The standard InChI is InChI=1S/C10H18N4O2S/c1-16-5-4-14(3-2-10(11)13-15)7-9-6-12-8-17-9/h6,8,15H,2-5,7H2,1H3,(H2,11,13). The molecule has 7 heteroatoms. The Hall–Kier alpha value is -1.18. The third-order valence-electron chi connectivity index (χ3n) is 2.29. The molecule has 0 saturated heterocycles. The molecule has 0 aliphatic carbocycles. The number of oxime groups is 1. The van der Waals surface area contributed by atoms with Gasteiger partial charge in [-0.05, 0) is 0 Å². The molecule has 0 aromatic carbocycles. The Balaban J connectivity index is 2.42. The molecule has 0 saturated carbocycles. The van der Waals surface area contributed by atoms with E-state index in [-0.39, 0.29) is 5.84 Å². The van der Waals surface area contributed by atoms with Crippen molar-refractivity contribution in [3.63, 3.8) is 0 Å². The molecule has 1 heterocycles. The number of aromatic nitrogens is 1. The van der Waals surface area contributed by atoms with E-state index in [0.717, 1.165) is 19.6 Å². The molecule has 0 amide bonds. The van der Waals surface area contributed by atoms with Crippen molar-refractivity contribution in [1.82, 2.24) is 9.88 Å². The van der Waals surface area contributed by atoms with Crippen molar-refractivity contribution in [3.8, 4) is 0 Å². The lowest BCUT2D eigenvalue weighted by atomic mass is 10.3. The molecule has 1 rings (SSSR count). The Bertz CT molecular complexity index is 329. The highest BCUT2D eigenvalue weighted by molar-refractivity contribution is 7.09. The van der Waals surface area contributed by atoms with Crippen LogP contribution in [0.3, 0.4) is 0 Å². The van der Waals surface area contributed by atoms with E-state index >= 15 is 0 Å². The van der Waals surface area contributed by atoms with Crippen LogP contribution < -0.4 is 5.73 Å². The Morgan fingerprint density at radius 2 is 2.47 bits per heavy atom. The Morgan fingerprint density at radius 3 is 3.06 bits per heavy atom.